The van der Waals surface area contributed by atoms with Crippen LogP contribution in [0, 0.1) is 18.3 Å². The Labute approximate surface area is 150 Å². The van der Waals surface area contributed by atoms with Crippen LogP contribution in [-0.4, -0.2) is 37.7 Å². The van der Waals surface area contributed by atoms with E-state index < -0.39 is 20.5 Å². The van der Waals surface area contributed by atoms with E-state index in [1.807, 2.05) is 36.4 Å². The number of nitriles is 1. The van der Waals surface area contributed by atoms with Crippen molar-refractivity contribution < 1.29 is 14.6 Å². The summed E-state index contributed by atoms with van der Waals surface area (Å²) in [6.07, 6.45) is 0. The molecule has 3 rings (SSSR count). The van der Waals surface area contributed by atoms with Crippen molar-refractivity contribution in [2.24, 2.45) is 0 Å². The molecular formula is C19H14N2O3Se. The zero-order valence-electron chi connectivity index (χ0n) is 13.6. The minimum absolute atomic E-state index is 0.329. The summed E-state index contributed by atoms with van der Waals surface area (Å²) in [6.45, 7) is 1.69. The number of hydrogen-bond acceptors (Lipinski definition) is 4. The van der Waals surface area contributed by atoms with Gasteiger partial charge in [0.2, 0.25) is 0 Å². The topological polar surface area (TPSA) is 83.2 Å². The number of carboxylic acid groups (broad SMARTS) is 1. The van der Waals surface area contributed by atoms with Crippen molar-refractivity contribution in [3.8, 4) is 33.1 Å². The number of benzene rings is 2. The van der Waals surface area contributed by atoms with Crippen LogP contribution in [0.1, 0.15) is 20.5 Å². The molecule has 1 aromatic heterocycles. The second kappa shape index (κ2) is 6.94. The number of carboxylic acids is 1. The Morgan fingerprint density at radius 3 is 2.52 bits per heavy atom. The first-order valence-corrected chi connectivity index (χ1v) is 9.15. The van der Waals surface area contributed by atoms with Crippen molar-refractivity contribution in [2.75, 3.05) is 7.11 Å². The predicted octanol–water partition coefficient (Wildman–Crippen LogP) is 3.36. The van der Waals surface area contributed by atoms with Crippen molar-refractivity contribution in [3.63, 3.8) is 0 Å². The molecule has 0 atom stereocenters. The van der Waals surface area contributed by atoms with Crippen molar-refractivity contribution in [2.45, 2.75) is 6.92 Å². The summed E-state index contributed by atoms with van der Waals surface area (Å²) < 4.78 is 6.50. The Bertz CT molecular complexity index is 988. The maximum absolute atomic E-state index is 11.3. The van der Waals surface area contributed by atoms with Crippen molar-refractivity contribution >= 4 is 20.5 Å². The first-order chi connectivity index (χ1) is 12.0. The second-order valence-electron chi connectivity index (χ2n) is 5.31. The SMILES string of the molecule is COc1cc(-c2ccccc2)c(C#N)cc1-c1nc(C)c(C(=O)O)[se]1. The van der Waals surface area contributed by atoms with Gasteiger partial charge in [0, 0.05) is 0 Å². The Kier molecular flexibility index (Phi) is 4.71. The van der Waals surface area contributed by atoms with E-state index in [9.17, 15) is 15.2 Å². The van der Waals surface area contributed by atoms with Gasteiger partial charge in [-0.3, -0.25) is 0 Å². The van der Waals surface area contributed by atoms with E-state index in [1.165, 1.54) is 0 Å². The standard InChI is InChI=1S/C19H14N2O3Se/c1-11-17(19(22)23)25-18(21-11)15-8-13(10-20)14(9-16(15)24-2)12-6-4-3-5-7-12/h3-9H,1-2H3,(H,22,23). The Morgan fingerprint density at radius 2 is 1.96 bits per heavy atom. The molecule has 6 heteroatoms. The average molecular weight is 397 g/mol. The molecule has 3 aromatic rings. The molecule has 0 amide bonds. The van der Waals surface area contributed by atoms with E-state index in [0.29, 0.717) is 31.6 Å². The number of aromatic nitrogens is 1. The summed E-state index contributed by atoms with van der Waals surface area (Å²) in [5, 5.41) is 18.8. The molecule has 0 spiro atoms. The molecule has 0 unspecified atom stereocenters. The molecule has 1 heterocycles. The van der Waals surface area contributed by atoms with E-state index in [2.05, 4.69) is 11.1 Å². The average Bonchev–Trinajstić information content (AvgIpc) is 3.03. The molecule has 0 radical (unpaired) electrons. The van der Waals surface area contributed by atoms with Gasteiger partial charge in [0.25, 0.3) is 0 Å². The summed E-state index contributed by atoms with van der Waals surface area (Å²) >= 11 is -0.426. The van der Waals surface area contributed by atoms with Gasteiger partial charge in [-0.15, -0.1) is 0 Å². The van der Waals surface area contributed by atoms with Crippen LogP contribution in [0.3, 0.4) is 0 Å². The number of rotatable bonds is 4. The quantitative estimate of drug-likeness (QED) is 0.683. The van der Waals surface area contributed by atoms with Gasteiger partial charge in [-0.05, 0) is 0 Å². The number of hydrogen-bond donors (Lipinski definition) is 1. The van der Waals surface area contributed by atoms with Crippen LogP contribution in [0.25, 0.3) is 21.3 Å². The first-order valence-electron chi connectivity index (χ1n) is 7.43. The number of aromatic carboxylic acids is 1. The molecule has 2 aromatic carbocycles. The van der Waals surface area contributed by atoms with Gasteiger partial charge in [0.1, 0.15) is 0 Å². The summed E-state index contributed by atoms with van der Waals surface area (Å²) in [7, 11) is 1.56. The fraction of sp³-hybridized carbons (Fsp3) is 0.105. The molecular weight excluding hydrogens is 383 g/mol. The maximum atomic E-state index is 11.3. The van der Waals surface area contributed by atoms with Gasteiger partial charge in [-0.25, -0.2) is 0 Å². The normalized spacial score (nSPS) is 10.3. The zero-order chi connectivity index (χ0) is 18.0. The van der Waals surface area contributed by atoms with Crippen molar-refractivity contribution in [1.29, 1.82) is 5.26 Å². The summed E-state index contributed by atoms with van der Waals surface area (Å²) in [4.78, 5) is 15.7. The summed E-state index contributed by atoms with van der Waals surface area (Å²) in [6, 6.07) is 15.4. The minimum atomic E-state index is -0.948. The van der Waals surface area contributed by atoms with Crippen LogP contribution in [-0.2, 0) is 0 Å². The fourth-order valence-electron chi connectivity index (χ4n) is 2.57. The van der Waals surface area contributed by atoms with E-state index in [1.54, 1.807) is 20.1 Å². The number of aryl methyl sites for hydroxylation is 1. The van der Waals surface area contributed by atoms with Gasteiger partial charge in [-0.1, -0.05) is 0 Å². The third kappa shape index (κ3) is 3.20. The fourth-order valence-corrected chi connectivity index (χ4v) is 4.52. The van der Waals surface area contributed by atoms with E-state index in [-0.39, 0.29) is 0 Å². The van der Waals surface area contributed by atoms with Gasteiger partial charge < -0.3 is 0 Å². The summed E-state index contributed by atoms with van der Waals surface area (Å²) in [5.74, 6) is -0.366. The molecule has 0 aliphatic heterocycles. The van der Waals surface area contributed by atoms with Crippen LogP contribution in [0.4, 0.5) is 0 Å². The van der Waals surface area contributed by atoms with Crippen LogP contribution in [0.2, 0.25) is 0 Å². The van der Waals surface area contributed by atoms with E-state index in [4.69, 9.17) is 4.74 Å². The Hall–Kier alpha value is -2.87. The number of nitrogens with zero attached hydrogens (tertiary/aromatic N) is 2. The van der Waals surface area contributed by atoms with Crippen molar-refractivity contribution in [1.82, 2.24) is 4.98 Å². The number of methoxy groups -OCH3 is 1. The van der Waals surface area contributed by atoms with Crippen LogP contribution in [0.15, 0.2) is 42.5 Å². The summed E-state index contributed by atoms with van der Waals surface area (Å²) in [5.41, 5.74) is 3.38. The van der Waals surface area contributed by atoms with E-state index in [0.717, 1.165) is 11.1 Å². The first kappa shape index (κ1) is 17.0. The van der Waals surface area contributed by atoms with E-state index >= 15 is 0 Å². The Morgan fingerprint density at radius 1 is 1.24 bits per heavy atom. The molecule has 124 valence electrons. The van der Waals surface area contributed by atoms with Gasteiger partial charge in [0.15, 0.2) is 0 Å². The third-order valence-corrected chi connectivity index (χ3v) is 6.24. The molecule has 0 bridgehead atoms. The van der Waals surface area contributed by atoms with Crippen LogP contribution < -0.4 is 4.74 Å². The van der Waals surface area contributed by atoms with Gasteiger partial charge >= 0.3 is 151 Å². The zero-order valence-corrected chi connectivity index (χ0v) is 15.3. The molecule has 0 saturated carbocycles. The van der Waals surface area contributed by atoms with Crippen molar-refractivity contribution in [3.05, 3.63) is 58.2 Å². The Balaban J connectivity index is 2.21. The molecule has 0 saturated heterocycles. The molecule has 5 nitrogen and oxygen atoms in total. The molecule has 1 N–H and O–H groups in total. The monoisotopic (exact) mass is 398 g/mol. The van der Waals surface area contributed by atoms with Gasteiger partial charge in [0.05, 0.1) is 0 Å². The molecule has 25 heavy (non-hydrogen) atoms. The van der Waals surface area contributed by atoms with Crippen LogP contribution >= 0.6 is 0 Å². The molecule has 0 aliphatic carbocycles. The number of ether oxygens (including phenoxy) is 1. The second-order valence-corrected chi connectivity index (χ2v) is 7.41. The third-order valence-electron chi connectivity index (χ3n) is 3.77. The van der Waals surface area contributed by atoms with Crippen LogP contribution in [0.5, 0.6) is 5.75 Å². The van der Waals surface area contributed by atoms with Gasteiger partial charge in [-0.2, -0.15) is 0 Å². The number of carbonyl (C=O) groups is 1. The molecule has 0 aliphatic rings. The predicted molar refractivity (Wildman–Crippen MR) is 95.0 cm³/mol. The molecule has 0 fully saturated rings.